The molecular weight excluding hydrogens is 358 g/mol. The lowest BCUT2D eigenvalue weighted by atomic mass is 10.1. The van der Waals surface area contributed by atoms with E-state index >= 15 is 0 Å². The van der Waals surface area contributed by atoms with E-state index in [-0.39, 0.29) is 17.9 Å². The van der Waals surface area contributed by atoms with Gasteiger partial charge in [0.15, 0.2) is 11.9 Å². The zero-order valence-electron chi connectivity index (χ0n) is 16.4. The number of carboxylic acid groups (broad SMARTS) is 2. The van der Waals surface area contributed by atoms with E-state index in [9.17, 15) is 4.79 Å². The van der Waals surface area contributed by atoms with Crippen molar-refractivity contribution in [3.05, 3.63) is 12.3 Å². The molecule has 0 atom stereocenters. The van der Waals surface area contributed by atoms with Gasteiger partial charge in [0, 0.05) is 20.8 Å². The van der Waals surface area contributed by atoms with E-state index in [0.717, 1.165) is 20.3 Å². The number of esters is 1. The van der Waals surface area contributed by atoms with Crippen molar-refractivity contribution < 1.29 is 29.3 Å². The van der Waals surface area contributed by atoms with Gasteiger partial charge in [-0.3, -0.25) is 30.5 Å². The van der Waals surface area contributed by atoms with Crippen LogP contribution in [-0.2, 0) is 19.1 Å². The molecule has 0 amide bonds. The molecule has 0 aliphatic heterocycles. The van der Waals surface area contributed by atoms with Gasteiger partial charge >= 0.3 is 5.97 Å². The first-order valence-electron chi connectivity index (χ1n) is 8.03. The Labute approximate surface area is 159 Å². The number of guanidine groups is 2. The van der Waals surface area contributed by atoms with Crippen LogP contribution in [0.2, 0.25) is 0 Å². The summed E-state index contributed by atoms with van der Waals surface area (Å²) in [6.07, 6.45) is 9.39. The van der Waals surface area contributed by atoms with Crippen LogP contribution in [0, 0.1) is 10.8 Å². The summed E-state index contributed by atoms with van der Waals surface area (Å²) in [5, 5.41) is 29.8. The van der Waals surface area contributed by atoms with Gasteiger partial charge in [0.25, 0.3) is 11.9 Å². The van der Waals surface area contributed by atoms with Crippen molar-refractivity contribution in [1.82, 2.24) is 5.32 Å². The number of rotatable bonds is 6. The van der Waals surface area contributed by atoms with E-state index in [0.29, 0.717) is 0 Å². The second-order valence-corrected chi connectivity index (χ2v) is 4.82. The predicted molar refractivity (Wildman–Crippen MR) is 103 cm³/mol. The quantitative estimate of drug-likeness (QED) is 0.115. The number of carbonyl (C=O) groups excluding carboxylic acids is 1. The fourth-order valence-electron chi connectivity index (χ4n) is 1.05. The van der Waals surface area contributed by atoms with E-state index in [1.807, 2.05) is 11.4 Å². The lowest BCUT2D eigenvalue weighted by Gasteiger charge is -1.95. The average Bonchev–Trinajstić information content (AvgIpc) is 2.44. The normalized spacial score (nSPS) is 8.44. The molecule has 11 heteroatoms. The number of aliphatic carboxylic acids is 2. The maximum Gasteiger partial charge on any atom is 0.307 e. The summed E-state index contributed by atoms with van der Waals surface area (Å²) in [6.45, 7) is 5.76. The predicted octanol–water partition coefficient (Wildman–Crippen LogP) is 1.58. The molecule has 11 nitrogen and oxygen atoms in total. The van der Waals surface area contributed by atoms with Gasteiger partial charge in [-0.15, -0.1) is 0 Å². The molecule has 0 fully saturated rings. The number of ether oxygens (including phenoxy) is 1. The van der Waals surface area contributed by atoms with Gasteiger partial charge < -0.3 is 26.4 Å². The van der Waals surface area contributed by atoms with Crippen molar-refractivity contribution >= 4 is 29.8 Å². The smallest absolute Gasteiger partial charge is 0.307 e. The summed E-state index contributed by atoms with van der Waals surface area (Å²) in [6, 6.07) is 0. The zero-order chi connectivity index (χ0) is 22.3. The molecule has 0 aromatic rings. The molecule has 0 heterocycles. The lowest BCUT2D eigenvalue weighted by molar-refractivity contribution is -0.136. The number of carbonyl (C=O) groups is 3. The molecule has 27 heavy (non-hydrogen) atoms. The van der Waals surface area contributed by atoms with E-state index in [2.05, 4.69) is 11.7 Å². The number of allylic oxidation sites excluding steroid dienone is 1. The van der Waals surface area contributed by atoms with Gasteiger partial charge in [-0.05, 0) is 18.9 Å². The minimum Gasteiger partial charge on any atom is -0.481 e. The Balaban J connectivity index is -0.000000149. The third kappa shape index (κ3) is 102. The minimum atomic E-state index is -0.833. The zero-order valence-corrected chi connectivity index (χ0v) is 16.4. The topological polar surface area (TPSA) is 213 Å². The maximum absolute atomic E-state index is 10.3. The summed E-state index contributed by atoms with van der Waals surface area (Å²) in [5.41, 5.74) is 9.49. The molecule has 0 unspecified atom stereocenters. The SMILES string of the molecule is CC(=O)O.CC(=O)O.CCCCCCC=COC(C)=O.N=C(N)NC(=N)N. The summed E-state index contributed by atoms with van der Waals surface area (Å²) in [4.78, 5) is 28.3. The van der Waals surface area contributed by atoms with Crippen molar-refractivity contribution in [2.45, 2.75) is 59.8 Å². The van der Waals surface area contributed by atoms with Gasteiger partial charge in [-0.2, -0.15) is 0 Å². The van der Waals surface area contributed by atoms with E-state index in [1.54, 1.807) is 0 Å². The highest BCUT2D eigenvalue weighted by Crippen LogP contribution is 2.02. The maximum atomic E-state index is 10.3. The molecule has 0 aliphatic carbocycles. The Hall–Kier alpha value is -3.11. The Kier molecular flexibility index (Phi) is 29.5. The first-order chi connectivity index (χ1) is 12.4. The fourth-order valence-corrected chi connectivity index (χ4v) is 1.05. The van der Waals surface area contributed by atoms with E-state index in [1.165, 1.54) is 38.9 Å². The van der Waals surface area contributed by atoms with Gasteiger partial charge in [-0.1, -0.05) is 26.2 Å². The third-order valence-corrected chi connectivity index (χ3v) is 1.82. The van der Waals surface area contributed by atoms with Crippen molar-refractivity contribution in [1.29, 1.82) is 10.8 Å². The van der Waals surface area contributed by atoms with Gasteiger partial charge in [-0.25, -0.2) is 0 Å². The highest BCUT2D eigenvalue weighted by atomic mass is 16.5. The van der Waals surface area contributed by atoms with Gasteiger partial charge in [0.2, 0.25) is 0 Å². The highest BCUT2D eigenvalue weighted by Gasteiger charge is 1.86. The molecule has 0 radical (unpaired) electrons. The summed E-state index contributed by atoms with van der Waals surface area (Å²) in [5.74, 6) is -2.54. The number of unbranched alkanes of at least 4 members (excludes halogenated alkanes) is 4. The van der Waals surface area contributed by atoms with E-state index < -0.39 is 11.9 Å². The second kappa shape index (κ2) is 25.1. The minimum absolute atomic E-state index is 0.250. The number of nitrogens with one attached hydrogen (secondary N) is 3. The molecule has 0 saturated carbocycles. The first-order valence-corrected chi connectivity index (χ1v) is 8.03. The second-order valence-electron chi connectivity index (χ2n) is 4.82. The van der Waals surface area contributed by atoms with E-state index in [4.69, 9.17) is 42.1 Å². The Morgan fingerprint density at radius 2 is 1.37 bits per heavy atom. The summed E-state index contributed by atoms with van der Waals surface area (Å²) in [7, 11) is 0. The van der Waals surface area contributed by atoms with Crippen LogP contribution in [0.5, 0.6) is 0 Å². The number of carboxylic acids is 2. The molecule has 0 aromatic carbocycles. The molecule has 0 spiro atoms. The van der Waals surface area contributed by atoms with Crippen molar-refractivity contribution in [2.24, 2.45) is 11.5 Å². The summed E-state index contributed by atoms with van der Waals surface area (Å²) >= 11 is 0. The highest BCUT2D eigenvalue weighted by molar-refractivity contribution is 5.93. The van der Waals surface area contributed by atoms with Crippen molar-refractivity contribution in [3.63, 3.8) is 0 Å². The number of hydrogen-bond acceptors (Lipinski definition) is 6. The molecular formula is C16H33N5O6. The lowest BCUT2D eigenvalue weighted by Crippen LogP contribution is -2.39. The molecule has 158 valence electrons. The Morgan fingerprint density at radius 3 is 1.63 bits per heavy atom. The Morgan fingerprint density at radius 1 is 0.963 bits per heavy atom. The van der Waals surface area contributed by atoms with Crippen LogP contribution in [0.3, 0.4) is 0 Å². The van der Waals surface area contributed by atoms with Crippen molar-refractivity contribution in [3.8, 4) is 0 Å². The van der Waals surface area contributed by atoms with Crippen LogP contribution in [0.4, 0.5) is 0 Å². The standard InChI is InChI=1S/C10H18O2.C2H7N5.2C2H4O2/c1-3-4-5-6-7-8-9-12-10(2)11;3-1(4)7-2(5)6;2*1-2(3)4/h8-9H,3-7H2,1-2H3;(H7,3,4,5,6,7);2*1H3,(H,3,4). The monoisotopic (exact) mass is 391 g/mol. The van der Waals surface area contributed by atoms with Crippen LogP contribution >= 0.6 is 0 Å². The molecule has 0 saturated heterocycles. The van der Waals surface area contributed by atoms with Gasteiger partial charge in [0.1, 0.15) is 0 Å². The fraction of sp³-hybridized carbons (Fsp3) is 0.562. The number of hydrogen-bond donors (Lipinski definition) is 7. The van der Waals surface area contributed by atoms with Crippen LogP contribution in [0.1, 0.15) is 59.8 Å². The molecule has 0 aromatic heterocycles. The average molecular weight is 391 g/mol. The molecule has 9 N–H and O–H groups in total. The van der Waals surface area contributed by atoms with Gasteiger partial charge in [0.05, 0.1) is 6.26 Å². The summed E-state index contributed by atoms with van der Waals surface area (Å²) < 4.78 is 4.63. The molecule has 0 rings (SSSR count). The first kappa shape index (κ1) is 31.6. The van der Waals surface area contributed by atoms with Crippen LogP contribution in [0.25, 0.3) is 0 Å². The molecule has 0 bridgehead atoms. The van der Waals surface area contributed by atoms with Crippen LogP contribution in [-0.4, -0.2) is 40.0 Å². The number of nitrogens with two attached hydrogens (primary N) is 2. The largest absolute Gasteiger partial charge is 0.481 e. The third-order valence-electron chi connectivity index (χ3n) is 1.82. The van der Waals surface area contributed by atoms with Crippen LogP contribution < -0.4 is 16.8 Å². The molecule has 0 aliphatic rings. The van der Waals surface area contributed by atoms with Crippen LogP contribution in [0.15, 0.2) is 12.3 Å². The van der Waals surface area contributed by atoms with Crippen molar-refractivity contribution in [2.75, 3.05) is 0 Å². The Bertz CT molecular complexity index is 434.